The second-order valence-electron chi connectivity index (χ2n) is 4.75. The molecule has 1 N–H and O–H groups in total. The van der Waals surface area contributed by atoms with E-state index in [1.165, 1.54) is 11.3 Å². The van der Waals surface area contributed by atoms with Crippen LogP contribution in [0.3, 0.4) is 0 Å². The van der Waals surface area contributed by atoms with E-state index < -0.39 is 0 Å². The summed E-state index contributed by atoms with van der Waals surface area (Å²) in [5.74, 6) is 0. The maximum Gasteiger partial charge on any atom is 0.0749 e. The van der Waals surface area contributed by atoms with Gasteiger partial charge in [0.25, 0.3) is 0 Å². The van der Waals surface area contributed by atoms with E-state index in [1.54, 1.807) is 0 Å². The number of aryl methyl sites for hydroxylation is 3. The van der Waals surface area contributed by atoms with Crippen LogP contribution in [0, 0.1) is 13.8 Å². The van der Waals surface area contributed by atoms with Crippen molar-refractivity contribution in [3.05, 3.63) is 47.0 Å². The Morgan fingerprint density at radius 3 is 2.47 bits per heavy atom. The summed E-state index contributed by atoms with van der Waals surface area (Å²) >= 11 is 0. The SMILES string of the molecule is CCNC(c1cc(C)nc(C)c1)c1ccnn1CC. The van der Waals surface area contributed by atoms with Crippen molar-refractivity contribution in [2.45, 2.75) is 40.3 Å². The zero-order valence-electron chi connectivity index (χ0n) is 12.1. The van der Waals surface area contributed by atoms with E-state index in [2.05, 4.69) is 47.4 Å². The standard InChI is InChI=1S/C15H22N4/c1-5-16-15(14-7-8-17-19(14)6-2)13-9-11(3)18-12(4)10-13/h7-10,15-16H,5-6H2,1-4H3. The van der Waals surface area contributed by atoms with Gasteiger partial charge in [-0.2, -0.15) is 5.10 Å². The van der Waals surface area contributed by atoms with Crippen molar-refractivity contribution in [2.75, 3.05) is 6.54 Å². The average molecular weight is 258 g/mol. The molecule has 0 aliphatic carbocycles. The molecule has 0 radical (unpaired) electrons. The molecule has 4 nitrogen and oxygen atoms in total. The van der Waals surface area contributed by atoms with Gasteiger partial charge in [-0.15, -0.1) is 0 Å². The minimum Gasteiger partial charge on any atom is -0.305 e. The molecule has 4 heteroatoms. The number of hydrogen-bond acceptors (Lipinski definition) is 3. The Kier molecular flexibility index (Phi) is 4.32. The molecular formula is C15H22N4. The molecule has 1 atom stereocenters. The smallest absolute Gasteiger partial charge is 0.0749 e. The zero-order valence-corrected chi connectivity index (χ0v) is 12.1. The first-order valence-electron chi connectivity index (χ1n) is 6.86. The summed E-state index contributed by atoms with van der Waals surface area (Å²) in [4.78, 5) is 4.45. The first-order valence-corrected chi connectivity index (χ1v) is 6.86. The molecule has 102 valence electrons. The van der Waals surface area contributed by atoms with Crippen LogP contribution in [0.15, 0.2) is 24.4 Å². The van der Waals surface area contributed by atoms with Crippen LogP contribution in [0.5, 0.6) is 0 Å². The monoisotopic (exact) mass is 258 g/mol. The minimum atomic E-state index is 0.174. The Balaban J connectivity index is 2.45. The van der Waals surface area contributed by atoms with Gasteiger partial charge in [-0.3, -0.25) is 9.67 Å². The van der Waals surface area contributed by atoms with E-state index in [0.717, 1.165) is 24.5 Å². The summed E-state index contributed by atoms with van der Waals surface area (Å²) in [5.41, 5.74) is 4.57. The van der Waals surface area contributed by atoms with Gasteiger partial charge in [0.15, 0.2) is 0 Å². The third-order valence-corrected chi connectivity index (χ3v) is 3.19. The lowest BCUT2D eigenvalue weighted by Gasteiger charge is -2.20. The first kappa shape index (κ1) is 13.7. The van der Waals surface area contributed by atoms with Crippen LogP contribution < -0.4 is 5.32 Å². The lowest BCUT2D eigenvalue weighted by Crippen LogP contribution is -2.25. The van der Waals surface area contributed by atoms with Crippen LogP contribution in [-0.2, 0) is 6.54 Å². The van der Waals surface area contributed by atoms with E-state index in [0.29, 0.717) is 0 Å². The summed E-state index contributed by atoms with van der Waals surface area (Å²) in [6.45, 7) is 10.1. The molecule has 0 fully saturated rings. The summed E-state index contributed by atoms with van der Waals surface area (Å²) in [7, 11) is 0. The van der Waals surface area contributed by atoms with Gasteiger partial charge in [-0.1, -0.05) is 6.92 Å². The molecule has 1 unspecified atom stereocenters. The molecule has 0 amide bonds. The molecular weight excluding hydrogens is 236 g/mol. The Bertz CT molecular complexity index is 525. The quantitative estimate of drug-likeness (QED) is 0.896. The van der Waals surface area contributed by atoms with Gasteiger partial charge in [0, 0.05) is 24.1 Å². The molecule has 2 rings (SSSR count). The maximum atomic E-state index is 4.45. The van der Waals surface area contributed by atoms with Crippen LogP contribution in [0.4, 0.5) is 0 Å². The molecule has 0 aliphatic heterocycles. The Morgan fingerprint density at radius 2 is 1.89 bits per heavy atom. The normalized spacial score (nSPS) is 12.6. The molecule has 0 saturated carbocycles. The number of rotatable bonds is 5. The molecule has 0 aliphatic rings. The third-order valence-electron chi connectivity index (χ3n) is 3.19. The van der Waals surface area contributed by atoms with Crippen molar-refractivity contribution >= 4 is 0 Å². The maximum absolute atomic E-state index is 4.45. The zero-order chi connectivity index (χ0) is 13.8. The summed E-state index contributed by atoms with van der Waals surface area (Å²) in [6, 6.07) is 6.55. The minimum absolute atomic E-state index is 0.174. The van der Waals surface area contributed by atoms with Gasteiger partial charge in [0.05, 0.1) is 11.7 Å². The van der Waals surface area contributed by atoms with Crippen molar-refractivity contribution in [1.82, 2.24) is 20.1 Å². The van der Waals surface area contributed by atoms with E-state index in [1.807, 2.05) is 24.7 Å². The number of nitrogens with one attached hydrogen (secondary N) is 1. The van der Waals surface area contributed by atoms with Crippen LogP contribution in [0.25, 0.3) is 0 Å². The van der Waals surface area contributed by atoms with Gasteiger partial charge >= 0.3 is 0 Å². The highest BCUT2D eigenvalue weighted by molar-refractivity contribution is 5.30. The molecule has 19 heavy (non-hydrogen) atoms. The van der Waals surface area contributed by atoms with Gasteiger partial charge in [0.2, 0.25) is 0 Å². The number of pyridine rings is 1. The van der Waals surface area contributed by atoms with E-state index in [-0.39, 0.29) is 6.04 Å². The second-order valence-corrected chi connectivity index (χ2v) is 4.75. The van der Waals surface area contributed by atoms with E-state index in [4.69, 9.17) is 0 Å². The number of nitrogens with zero attached hydrogens (tertiary/aromatic N) is 3. The topological polar surface area (TPSA) is 42.7 Å². The Morgan fingerprint density at radius 1 is 1.21 bits per heavy atom. The summed E-state index contributed by atoms with van der Waals surface area (Å²) < 4.78 is 2.04. The van der Waals surface area contributed by atoms with Gasteiger partial charge in [-0.05, 0) is 51.1 Å². The average Bonchev–Trinajstić information content (AvgIpc) is 2.82. The van der Waals surface area contributed by atoms with Crippen LogP contribution in [-0.4, -0.2) is 21.3 Å². The highest BCUT2D eigenvalue weighted by Gasteiger charge is 2.17. The van der Waals surface area contributed by atoms with Gasteiger partial charge < -0.3 is 5.32 Å². The highest BCUT2D eigenvalue weighted by atomic mass is 15.3. The Hall–Kier alpha value is -1.68. The van der Waals surface area contributed by atoms with Crippen LogP contribution in [0.1, 0.15) is 42.5 Å². The number of aromatic nitrogens is 3. The molecule has 2 aromatic rings. The fourth-order valence-corrected chi connectivity index (χ4v) is 2.48. The largest absolute Gasteiger partial charge is 0.305 e. The van der Waals surface area contributed by atoms with Crippen molar-refractivity contribution in [1.29, 1.82) is 0 Å². The van der Waals surface area contributed by atoms with Crippen molar-refractivity contribution in [3.63, 3.8) is 0 Å². The predicted octanol–water partition coefficient (Wildman–Crippen LogP) is 2.61. The van der Waals surface area contributed by atoms with Gasteiger partial charge in [-0.25, -0.2) is 0 Å². The van der Waals surface area contributed by atoms with Crippen molar-refractivity contribution in [2.24, 2.45) is 0 Å². The molecule has 2 heterocycles. The van der Waals surface area contributed by atoms with Crippen LogP contribution >= 0.6 is 0 Å². The lowest BCUT2D eigenvalue weighted by molar-refractivity contribution is 0.541. The third kappa shape index (κ3) is 3.01. The van der Waals surface area contributed by atoms with Crippen LogP contribution in [0.2, 0.25) is 0 Å². The fourth-order valence-electron chi connectivity index (χ4n) is 2.48. The second kappa shape index (κ2) is 5.97. The van der Waals surface area contributed by atoms with Crippen molar-refractivity contribution in [3.8, 4) is 0 Å². The molecule has 0 spiro atoms. The van der Waals surface area contributed by atoms with Crippen molar-refractivity contribution < 1.29 is 0 Å². The molecule has 0 bridgehead atoms. The fraction of sp³-hybridized carbons (Fsp3) is 0.467. The summed E-state index contributed by atoms with van der Waals surface area (Å²) in [6.07, 6.45) is 1.87. The molecule has 2 aromatic heterocycles. The van der Waals surface area contributed by atoms with Gasteiger partial charge in [0.1, 0.15) is 0 Å². The molecule has 0 aromatic carbocycles. The van der Waals surface area contributed by atoms with E-state index in [9.17, 15) is 0 Å². The lowest BCUT2D eigenvalue weighted by atomic mass is 10.0. The summed E-state index contributed by atoms with van der Waals surface area (Å²) in [5, 5.41) is 7.91. The van der Waals surface area contributed by atoms with E-state index >= 15 is 0 Å². The Labute approximate surface area is 114 Å². The predicted molar refractivity (Wildman–Crippen MR) is 77.1 cm³/mol. The number of hydrogen-bond donors (Lipinski definition) is 1. The first-order chi connectivity index (χ1) is 9.15. The highest BCUT2D eigenvalue weighted by Crippen LogP contribution is 2.23. The molecule has 0 saturated heterocycles.